The molecule has 0 radical (unpaired) electrons. The quantitative estimate of drug-likeness (QED) is 0.712. The summed E-state index contributed by atoms with van der Waals surface area (Å²) in [4.78, 5) is 13.3. The van der Waals surface area contributed by atoms with Crippen molar-refractivity contribution in [1.82, 2.24) is 10.2 Å². The molecule has 0 saturated carbocycles. The van der Waals surface area contributed by atoms with E-state index in [2.05, 4.69) is 21.0 Å². The van der Waals surface area contributed by atoms with Crippen molar-refractivity contribution in [3.63, 3.8) is 0 Å². The number of alkyl carbamates (subject to hydrolysis) is 1. The first-order chi connectivity index (χ1) is 7.76. The Morgan fingerprint density at radius 2 is 2.44 bits per heavy atom. The Balaban J connectivity index is 2.10. The lowest BCUT2D eigenvalue weighted by Crippen LogP contribution is -2.37. The number of carbonyl (C=O) groups excluding carboxylic acids is 1. The zero-order chi connectivity index (χ0) is 11.8. The van der Waals surface area contributed by atoms with Crippen molar-refractivity contribution in [3.8, 4) is 6.07 Å². The number of hydrogen-bond donors (Lipinski definition) is 1. The summed E-state index contributed by atoms with van der Waals surface area (Å²) in [6, 6.07) is 2.36. The highest BCUT2D eigenvalue weighted by atomic mass is 16.5. The van der Waals surface area contributed by atoms with Gasteiger partial charge >= 0.3 is 6.09 Å². The molecule has 1 fully saturated rings. The fourth-order valence-corrected chi connectivity index (χ4v) is 1.92. The maximum atomic E-state index is 11.0. The molecule has 1 aliphatic rings. The largest absolute Gasteiger partial charge is 0.453 e. The lowest BCUT2D eigenvalue weighted by atomic mass is 10.2. The zero-order valence-electron chi connectivity index (χ0n) is 9.74. The third-order valence-electron chi connectivity index (χ3n) is 2.79. The molecule has 0 aromatic rings. The van der Waals surface area contributed by atoms with Crippen LogP contribution >= 0.6 is 0 Å². The highest BCUT2D eigenvalue weighted by molar-refractivity contribution is 5.67. The minimum Gasteiger partial charge on any atom is -0.453 e. The van der Waals surface area contributed by atoms with Crippen LogP contribution in [-0.2, 0) is 4.74 Å². The molecule has 1 N–H and O–H groups in total. The second-order valence-corrected chi connectivity index (χ2v) is 4.04. The molecule has 1 atom stereocenters. The summed E-state index contributed by atoms with van der Waals surface area (Å²) in [5.74, 6) is 0. The number of likely N-dealkylation sites (tertiary alicyclic amines) is 1. The van der Waals surface area contributed by atoms with E-state index in [0.717, 1.165) is 38.9 Å². The molecule has 1 amide bonds. The molecule has 0 aliphatic carbocycles. The molecular weight excluding hydrogens is 206 g/mol. The van der Waals surface area contributed by atoms with E-state index >= 15 is 0 Å². The third-order valence-corrected chi connectivity index (χ3v) is 2.79. The molecule has 0 spiro atoms. The van der Waals surface area contributed by atoms with E-state index < -0.39 is 0 Å². The van der Waals surface area contributed by atoms with Gasteiger partial charge in [-0.25, -0.2) is 4.79 Å². The van der Waals surface area contributed by atoms with Crippen molar-refractivity contribution in [1.29, 1.82) is 5.26 Å². The van der Waals surface area contributed by atoms with Gasteiger partial charge in [-0.15, -0.1) is 0 Å². The van der Waals surface area contributed by atoms with Gasteiger partial charge in [-0.1, -0.05) is 0 Å². The van der Waals surface area contributed by atoms with E-state index in [1.165, 1.54) is 7.11 Å². The van der Waals surface area contributed by atoms with Gasteiger partial charge < -0.3 is 15.0 Å². The average Bonchev–Trinajstić information content (AvgIpc) is 2.72. The van der Waals surface area contributed by atoms with Crippen molar-refractivity contribution in [2.24, 2.45) is 0 Å². The van der Waals surface area contributed by atoms with Crippen LogP contribution in [0.2, 0.25) is 0 Å². The van der Waals surface area contributed by atoms with Crippen molar-refractivity contribution in [2.75, 3.05) is 26.7 Å². The van der Waals surface area contributed by atoms with Gasteiger partial charge in [-0.3, -0.25) is 0 Å². The SMILES string of the molecule is COC(=O)NC1CCN(CCCCC#N)C1. The molecule has 0 bridgehead atoms. The highest BCUT2D eigenvalue weighted by Crippen LogP contribution is 2.10. The smallest absolute Gasteiger partial charge is 0.407 e. The van der Waals surface area contributed by atoms with Crippen LogP contribution < -0.4 is 5.32 Å². The van der Waals surface area contributed by atoms with Gasteiger partial charge in [0, 0.05) is 25.6 Å². The van der Waals surface area contributed by atoms with E-state index in [1.54, 1.807) is 0 Å². The number of nitrogens with zero attached hydrogens (tertiary/aromatic N) is 2. The molecule has 5 nitrogen and oxygen atoms in total. The Morgan fingerprint density at radius 1 is 1.62 bits per heavy atom. The number of carbonyl (C=O) groups is 1. The average molecular weight is 225 g/mol. The van der Waals surface area contributed by atoms with Gasteiger partial charge in [0.15, 0.2) is 0 Å². The van der Waals surface area contributed by atoms with Gasteiger partial charge in [-0.05, 0) is 25.8 Å². The summed E-state index contributed by atoms with van der Waals surface area (Å²) in [5.41, 5.74) is 0. The molecule has 1 saturated heterocycles. The molecule has 1 rings (SSSR count). The summed E-state index contributed by atoms with van der Waals surface area (Å²) in [6.07, 6.45) is 3.28. The van der Waals surface area contributed by atoms with Crippen molar-refractivity contribution in [3.05, 3.63) is 0 Å². The highest BCUT2D eigenvalue weighted by Gasteiger charge is 2.23. The summed E-state index contributed by atoms with van der Waals surface area (Å²) in [5, 5.41) is 11.2. The second kappa shape index (κ2) is 7.07. The first kappa shape index (κ1) is 12.8. The van der Waals surface area contributed by atoms with E-state index in [4.69, 9.17) is 5.26 Å². The lowest BCUT2D eigenvalue weighted by Gasteiger charge is -2.15. The van der Waals surface area contributed by atoms with Crippen LogP contribution in [0.1, 0.15) is 25.7 Å². The molecule has 0 aromatic carbocycles. The number of rotatable bonds is 5. The maximum absolute atomic E-state index is 11.0. The number of ether oxygens (including phenoxy) is 1. The number of hydrogen-bond acceptors (Lipinski definition) is 4. The minimum absolute atomic E-state index is 0.211. The first-order valence-corrected chi connectivity index (χ1v) is 5.70. The van der Waals surface area contributed by atoms with Gasteiger partial charge in [-0.2, -0.15) is 5.26 Å². The molecule has 16 heavy (non-hydrogen) atoms. The van der Waals surface area contributed by atoms with Gasteiger partial charge in [0.05, 0.1) is 13.2 Å². The van der Waals surface area contributed by atoms with E-state index in [1.807, 2.05) is 0 Å². The van der Waals surface area contributed by atoms with Crippen LogP contribution in [0.25, 0.3) is 0 Å². The van der Waals surface area contributed by atoms with Gasteiger partial charge in [0.2, 0.25) is 0 Å². The third kappa shape index (κ3) is 4.49. The number of unbranched alkanes of at least 4 members (excludes halogenated alkanes) is 2. The maximum Gasteiger partial charge on any atom is 0.407 e. The Kier molecular flexibility index (Phi) is 5.65. The summed E-state index contributed by atoms with van der Waals surface area (Å²) >= 11 is 0. The molecule has 0 aromatic heterocycles. The van der Waals surface area contributed by atoms with Gasteiger partial charge in [0.25, 0.3) is 0 Å². The zero-order valence-corrected chi connectivity index (χ0v) is 9.74. The minimum atomic E-state index is -0.351. The normalized spacial score (nSPS) is 20.4. The van der Waals surface area contributed by atoms with Crippen molar-refractivity contribution < 1.29 is 9.53 Å². The first-order valence-electron chi connectivity index (χ1n) is 5.70. The van der Waals surface area contributed by atoms with Crippen molar-refractivity contribution >= 4 is 6.09 Å². The van der Waals surface area contributed by atoms with Crippen LogP contribution in [0.4, 0.5) is 4.79 Å². The monoisotopic (exact) mass is 225 g/mol. The Morgan fingerprint density at radius 3 is 3.12 bits per heavy atom. The van der Waals surface area contributed by atoms with Crippen LogP contribution in [0.15, 0.2) is 0 Å². The van der Waals surface area contributed by atoms with E-state index in [9.17, 15) is 4.79 Å². The molecule has 1 unspecified atom stereocenters. The lowest BCUT2D eigenvalue weighted by molar-refractivity contribution is 0.166. The standard InChI is InChI=1S/C11H19N3O2/c1-16-11(15)13-10-5-8-14(9-10)7-4-2-3-6-12/h10H,2-5,7-9H2,1H3,(H,13,15). The van der Waals surface area contributed by atoms with E-state index in [0.29, 0.717) is 6.42 Å². The van der Waals surface area contributed by atoms with Crippen LogP contribution in [-0.4, -0.2) is 43.8 Å². The van der Waals surface area contributed by atoms with Crippen LogP contribution in [0, 0.1) is 11.3 Å². The predicted molar refractivity (Wildman–Crippen MR) is 59.8 cm³/mol. The topological polar surface area (TPSA) is 65.4 Å². The molecule has 1 aliphatic heterocycles. The van der Waals surface area contributed by atoms with Crippen molar-refractivity contribution in [2.45, 2.75) is 31.7 Å². The number of nitrogens with one attached hydrogen (secondary N) is 1. The summed E-state index contributed by atoms with van der Waals surface area (Å²) in [6.45, 7) is 2.92. The van der Waals surface area contributed by atoms with Crippen LogP contribution in [0.5, 0.6) is 0 Å². The number of amides is 1. The molecule has 90 valence electrons. The Hall–Kier alpha value is -1.28. The fraction of sp³-hybridized carbons (Fsp3) is 0.818. The Labute approximate surface area is 96.4 Å². The summed E-state index contributed by atoms with van der Waals surface area (Å²) in [7, 11) is 1.38. The molecule has 5 heteroatoms. The fourth-order valence-electron chi connectivity index (χ4n) is 1.92. The number of nitriles is 1. The number of methoxy groups -OCH3 is 1. The molecule has 1 heterocycles. The summed E-state index contributed by atoms with van der Waals surface area (Å²) < 4.78 is 4.56. The second-order valence-electron chi connectivity index (χ2n) is 4.04. The van der Waals surface area contributed by atoms with Gasteiger partial charge in [0.1, 0.15) is 0 Å². The predicted octanol–water partition coefficient (Wildman–Crippen LogP) is 1.11. The van der Waals surface area contributed by atoms with E-state index in [-0.39, 0.29) is 12.1 Å². The van der Waals surface area contributed by atoms with Crippen LogP contribution in [0.3, 0.4) is 0 Å². The molecular formula is C11H19N3O2. The Bertz CT molecular complexity index is 262.